The zero-order valence-electron chi connectivity index (χ0n) is 15.3. The van der Waals surface area contributed by atoms with Crippen molar-refractivity contribution in [3.05, 3.63) is 65.7 Å². The monoisotopic (exact) mass is 334 g/mol. The molecule has 25 heavy (non-hydrogen) atoms. The van der Waals surface area contributed by atoms with Crippen LogP contribution in [0, 0.1) is 17.2 Å². The number of hydrogen-bond acceptors (Lipinski definition) is 3. The largest absolute Gasteiger partial charge is 0.489 e. The highest BCUT2D eigenvalue weighted by molar-refractivity contribution is 5.39. The quantitative estimate of drug-likeness (QED) is 0.819. The van der Waals surface area contributed by atoms with Gasteiger partial charge in [0, 0.05) is 24.5 Å². The molecule has 1 aliphatic rings. The molecule has 0 saturated carbocycles. The molecule has 0 spiro atoms. The summed E-state index contributed by atoms with van der Waals surface area (Å²) < 4.78 is 6.12. The number of nitrogens with zero attached hydrogens (tertiary/aromatic N) is 2. The smallest absolute Gasteiger partial charge is 0.123 e. The van der Waals surface area contributed by atoms with Crippen LogP contribution >= 0.6 is 0 Å². The van der Waals surface area contributed by atoms with E-state index in [9.17, 15) is 5.26 Å². The molecule has 3 nitrogen and oxygen atoms in total. The van der Waals surface area contributed by atoms with E-state index in [1.807, 2.05) is 36.4 Å². The molecule has 0 amide bonds. The third-order valence-electron chi connectivity index (χ3n) is 4.99. The third kappa shape index (κ3) is 4.03. The van der Waals surface area contributed by atoms with Crippen molar-refractivity contribution in [1.82, 2.24) is 4.90 Å². The Balaban J connectivity index is 1.81. The molecule has 0 radical (unpaired) electrons. The maximum atomic E-state index is 9.66. The first kappa shape index (κ1) is 17.5. The van der Waals surface area contributed by atoms with Gasteiger partial charge in [-0.05, 0) is 38.0 Å². The second-order valence-electron chi connectivity index (χ2n) is 7.73. The SMILES string of the molecule is CC(C)(C)N1C[C@H](c2ccccc2OCc2ccccc2)[C@@H](C#N)C1. The maximum absolute atomic E-state index is 9.66. The lowest BCUT2D eigenvalue weighted by atomic mass is 9.89. The van der Waals surface area contributed by atoms with Crippen molar-refractivity contribution in [2.24, 2.45) is 5.92 Å². The summed E-state index contributed by atoms with van der Waals surface area (Å²) in [7, 11) is 0. The van der Waals surface area contributed by atoms with E-state index in [0.717, 1.165) is 30.0 Å². The summed E-state index contributed by atoms with van der Waals surface area (Å²) in [6.07, 6.45) is 0. The van der Waals surface area contributed by atoms with Crippen LogP contribution < -0.4 is 4.74 Å². The Labute approximate surface area is 150 Å². The highest BCUT2D eigenvalue weighted by Crippen LogP contribution is 2.39. The molecule has 0 N–H and O–H groups in total. The number of benzene rings is 2. The van der Waals surface area contributed by atoms with Gasteiger partial charge in [-0.1, -0.05) is 48.5 Å². The standard InChI is InChI=1S/C22H26N2O/c1-22(2,3)24-14-18(13-23)20(15-24)19-11-7-8-12-21(19)25-16-17-9-5-4-6-10-17/h4-12,18,20H,14-16H2,1-3H3/t18-,20-/m0/s1. The molecule has 2 aromatic carbocycles. The Morgan fingerprint density at radius 3 is 2.40 bits per heavy atom. The maximum Gasteiger partial charge on any atom is 0.123 e. The van der Waals surface area contributed by atoms with Gasteiger partial charge < -0.3 is 4.74 Å². The fraction of sp³-hybridized carbons (Fsp3) is 0.409. The zero-order valence-corrected chi connectivity index (χ0v) is 15.3. The van der Waals surface area contributed by atoms with Gasteiger partial charge in [0.1, 0.15) is 12.4 Å². The summed E-state index contributed by atoms with van der Waals surface area (Å²) in [5, 5.41) is 9.66. The van der Waals surface area contributed by atoms with Crippen LogP contribution in [0.25, 0.3) is 0 Å². The van der Waals surface area contributed by atoms with Gasteiger partial charge in [-0.15, -0.1) is 0 Å². The summed E-state index contributed by atoms with van der Waals surface area (Å²) in [6.45, 7) is 8.89. The van der Waals surface area contributed by atoms with Gasteiger partial charge in [0.2, 0.25) is 0 Å². The number of ether oxygens (including phenoxy) is 1. The van der Waals surface area contributed by atoms with Crippen LogP contribution in [0.5, 0.6) is 5.75 Å². The second-order valence-corrected chi connectivity index (χ2v) is 7.73. The predicted molar refractivity (Wildman–Crippen MR) is 100 cm³/mol. The van der Waals surface area contributed by atoms with Crippen LogP contribution in [0.4, 0.5) is 0 Å². The van der Waals surface area contributed by atoms with Crippen LogP contribution in [0.15, 0.2) is 54.6 Å². The fourth-order valence-electron chi connectivity index (χ4n) is 3.45. The lowest BCUT2D eigenvalue weighted by molar-refractivity contribution is 0.170. The van der Waals surface area contributed by atoms with E-state index in [2.05, 4.69) is 49.9 Å². The van der Waals surface area contributed by atoms with E-state index in [0.29, 0.717) is 6.61 Å². The van der Waals surface area contributed by atoms with Crippen molar-refractivity contribution < 1.29 is 4.74 Å². The minimum atomic E-state index is 0.000648. The molecule has 1 aliphatic heterocycles. The lowest BCUT2D eigenvalue weighted by Crippen LogP contribution is -2.39. The summed E-state index contributed by atoms with van der Waals surface area (Å²) in [5.41, 5.74) is 2.37. The third-order valence-corrected chi connectivity index (χ3v) is 4.99. The number of para-hydroxylation sites is 1. The number of likely N-dealkylation sites (tertiary alicyclic amines) is 1. The highest BCUT2D eigenvalue weighted by Gasteiger charge is 2.39. The molecule has 2 aromatic rings. The summed E-state index contributed by atoms with van der Waals surface area (Å²) in [4.78, 5) is 2.40. The van der Waals surface area contributed by atoms with Crippen molar-refractivity contribution in [3.63, 3.8) is 0 Å². The van der Waals surface area contributed by atoms with Crippen molar-refractivity contribution in [1.29, 1.82) is 5.26 Å². The molecule has 1 heterocycles. The summed E-state index contributed by atoms with van der Waals surface area (Å²) >= 11 is 0. The van der Waals surface area contributed by atoms with Crippen LogP contribution in [0.3, 0.4) is 0 Å². The highest BCUT2D eigenvalue weighted by atomic mass is 16.5. The molecule has 2 atom stereocenters. The fourth-order valence-corrected chi connectivity index (χ4v) is 3.45. The Morgan fingerprint density at radius 2 is 1.72 bits per heavy atom. The van der Waals surface area contributed by atoms with E-state index in [4.69, 9.17) is 4.74 Å². The molecule has 130 valence electrons. The van der Waals surface area contributed by atoms with Gasteiger partial charge in [0.25, 0.3) is 0 Å². The second kappa shape index (κ2) is 7.29. The van der Waals surface area contributed by atoms with Crippen LogP contribution in [0.1, 0.15) is 37.8 Å². The Hall–Kier alpha value is -2.31. The molecule has 1 fully saturated rings. The molecule has 0 aliphatic carbocycles. The van der Waals surface area contributed by atoms with E-state index >= 15 is 0 Å². The van der Waals surface area contributed by atoms with E-state index in [1.165, 1.54) is 0 Å². The molecule has 0 unspecified atom stereocenters. The topological polar surface area (TPSA) is 36.3 Å². The summed E-state index contributed by atoms with van der Waals surface area (Å²) in [5.74, 6) is 1.09. The molecule has 3 heteroatoms. The average molecular weight is 334 g/mol. The van der Waals surface area contributed by atoms with Crippen LogP contribution in [0.2, 0.25) is 0 Å². The van der Waals surface area contributed by atoms with E-state index < -0.39 is 0 Å². The normalized spacial score (nSPS) is 21.0. The lowest BCUT2D eigenvalue weighted by Gasteiger charge is -2.31. The average Bonchev–Trinajstić information content (AvgIpc) is 3.06. The first-order valence-electron chi connectivity index (χ1n) is 8.89. The van der Waals surface area contributed by atoms with Crippen molar-refractivity contribution in [3.8, 4) is 11.8 Å². The molecule has 3 rings (SSSR count). The summed E-state index contributed by atoms with van der Waals surface area (Å²) in [6, 6.07) is 20.9. The molecule has 0 bridgehead atoms. The first-order chi connectivity index (χ1) is 12.0. The molecule has 1 saturated heterocycles. The molecular weight excluding hydrogens is 308 g/mol. The number of nitriles is 1. The molecular formula is C22H26N2O. The minimum absolute atomic E-state index is 0.000648. The Bertz CT molecular complexity index is 743. The van der Waals surface area contributed by atoms with Crippen molar-refractivity contribution in [2.45, 2.75) is 38.8 Å². The van der Waals surface area contributed by atoms with Gasteiger partial charge in [-0.25, -0.2) is 0 Å². The predicted octanol–water partition coefficient (Wildman–Crippen LogP) is 4.60. The van der Waals surface area contributed by atoms with Crippen molar-refractivity contribution >= 4 is 0 Å². The van der Waals surface area contributed by atoms with Crippen molar-refractivity contribution in [2.75, 3.05) is 13.1 Å². The number of rotatable bonds is 4. The van der Waals surface area contributed by atoms with Gasteiger partial charge in [-0.2, -0.15) is 5.26 Å². The van der Waals surface area contributed by atoms with Gasteiger partial charge in [0.15, 0.2) is 0 Å². The van der Waals surface area contributed by atoms with Crippen LogP contribution in [-0.2, 0) is 6.61 Å². The number of hydrogen-bond donors (Lipinski definition) is 0. The van der Waals surface area contributed by atoms with Crippen LogP contribution in [-0.4, -0.2) is 23.5 Å². The van der Waals surface area contributed by atoms with Gasteiger partial charge >= 0.3 is 0 Å². The Kier molecular flexibility index (Phi) is 5.11. The van der Waals surface area contributed by atoms with Gasteiger partial charge in [0.05, 0.1) is 12.0 Å². The van der Waals surface area contributed by atoms with Gasteiger partial charge in [-0.3, -0.25) is 4.90 Å². The Morgan fingerprint density at radius 1 is 1.04 bits per heavy atom. The zero-order chi connectivity index (χ0) is 17.9. The minimum Gasteiger partial charge on any atom is -0.489 e. The van der Waals surface area contributed by atoms with E-state index in [1.54, 1.807) is 0 Å². The van der Waals surface area contributed by atoms with E-state index in [-0.39, 0.29) is 17.4 Å². The first-order valence-corrected chi connectivity index (χ1v) is 8.89. The molecule has 0 aromatic heterocycles.